The lowest BCUT2D eigenvalue weighted by molar-refractivity contribution is 0.939. The van der Waals surface area contributed by atoms with E-state index in [0.717, 1.165) is 5.69 Å². The fraction of sp³-hybridized carbons (Fsp3) is 0.133. The van der Waals surface area contributed by atoms with Gasteiger partial charge >= 0.3 is 0 Å². The summed E-state index contributed by atoms with van der Waals surface area (Å²) in [5.74, 6) is 1.88. The third kappa shape index (κ3) is 3.58. The summed E-state index contributed by atoms with van der Waals surface area (Å²) in [5, 5.41) is 4.42. The number of imidazole rings is 1. The van der Waals surface area contributed by atoms with Crippen molar-refractivity contribution in [3.05, 3.63) is 57.3 Å². The Kier molecular flexibility index (Phi) is 4.43. The summed E-state index contributed by atoms with van der Waals surface area (Å²) in [4.78, 5) is 13.0. The van der Waals surface area contributed by atoms with E-state index >= 15 is 0 Å². The quantitative estimate of drug-likeness (QED) is 0.708. The van der Waals surface area contributed by atoms with Gasteiger partial charge in [0.05, 0.1) is 21.4 Å². The van der Waals surface area contributed by atoms with E-state index in [1.54, 1.807) is 24.5 Å². The molecule has 23 heavy (non-hydrogen) atoms. The minimum atomic E-state index is 0.416. The number of nitrogens with one attached hydrogen (secondary N) is 1. The molecule has 0 atom stereocenters. The zero-order valence-corrected chi connectivity index (χ0v) is 14.6. The highest BCUT2D eigenvalue weighted by molar-refractivity contribution is 6.41. The predicted molar refractivity (Wildman–Crippen MR) is 93.4 cm³/mol. The van der Waals surface area contributed by atoms with Crippen LogP contribution in [0.25, 0.3) is 5.82 Å². The molecule has 2 aromatic heterocycles. The number of aryl methyl sites for hydroxylation is 2. The first kappa shape index (κ1) is 16.1. The largest absolute Gasteiger partial charge is 0.338 e. The standard InChI is InChI=1S/C15H12Cl3N5/c1-8-6-23(7-19-8)14-5-13(20-9(2)21-14)22-15-11(17)3-10(16)4-12(15)18/h3-7H,1-2H3,(H,20,21,22). The molecule has 118 valence electrons. The van der Waals surface area contributed by atoms with Crippen LogP contribution in [0.15, 0.2) is 30.7 Å². The lowest BCUT2D eigenvalue weighted by atomic mass is 10.3. The Hall–Kier alpha value is -1.82. The second-order valence-corrected chi connectivity index (χ2v) is 6.20. The first-order chi connectivity index (χ1) is 10.9. The van der Waals surface area contributed by atoms with Crippen molar-refractivity contribution in [1.82, 2.24) is 19.5 Å². The van der Waals surface area contributed by atoms with Crippen molar-refractivity contribution in [2.45, 2.75) is 13.8 Å². The molecule has 1 N–H and O–H groups in total. The van der Waals surface area contributed by atoms with Crippen LogP contribution >= 0.6 is 34.8 Å². The van der Waals surface area contributed by atoms with E-state index in [-0.39, 0.29) is 0 Å². The number of halogens is 3. The van der Waals surface area contributed by atoms with Crippen molar-refractivity contribution in [2.24, 2.45) is 0 Å². The molecule has 3 rings (SSSR count). The minimum absolute atomic E-state index is 0.416. The molecule has 0 aliphatic rings. The highest BCUT2D eigenvalue weighted by atomic mass is 35.5. The highest BCUT2D eigenvalue weighted by Crippen LogP contribution is 2.35. The van der Waals surface area contributed by atoms with Gasteiger partial charge in [-0.1, -0.05) is 34.8 Å². The van der Waals surface area contributed by atoms with Crippen LogP contribution in [0.5, 0.6) is 0 Å². The van der Waals surface area contributed by atoms with Crippen LogP contribution in [0.2, 0.25) is 15.1 Å². The topological polar surface area (TPSA) is 55.6 Å². The van der Waals surface area contributed by atoms with Crippen molar-refractivity contribution in [3.63, 3.8) is 0 Å². The van der Waals surface area contributed by atoms with Gasteiger partial charge in [0.25, 0.3) is 0 Å². The van der Waals surface area contributed by atoms with Crippen molar-refractivity contribution < 1.29 is 0 Å². The van der Waals surface area contributed by atoms with Crippen molar-refractivity contribution in [1.29, 1.82) is 0 Å². The van der Waals surface area contributed by atoms with Crippen LogP contribution < -0.4 is 5.32 Å². The number of benzene rings is 1. The maximum absolute atomic E-state index is 6.19. The van der Waals surface area contributed by atoms with Crippen LogP contribution in [0, 0.1) is 13.8 Å². The minimum Gasteiger partial charge on any atom is -0.338 e. The average Bonchev–Trinajstić information content (AvgIpc) is 2.89. The summed E-state index contributed by atoms with van der Waals surface area (Å²) in [5.41, 5.74) is 1.45. The molecule has 5 nitrogen and oxygen atoms in total. The normalized spacial score (nSPS) is 10.8. The predicted octanol–water partition coefficient (Wildman–Crippen LogP) is 4.98. The van der Waals surface area contributed by atoms with Gasteiger partial charge in [0.1, 0.15) is 23.8 Å². The molecular weight excluding hydrogens is 357 g/mol. The Balaban J connectivity index is 2.00. The van der Waals surface area contributed by atoms with E-state index in [4.69, 9.17) is 34.8 Å². The lowest BCUT2D eigenvalue weighted by Crippen LogP contribution is -2.03. The molecule has 0 saturated carbocycles. The van der Waals surface area contributed by atoms with Gasteiger partial charge in [0, 0.05) is 17.3 Å². The summed E-state index contributed by atoms with van der Waals surface area (Å²) in [6.07, 6.45) is 3.58. The summed E-state index contributed by atoms with van der Waals surface area (Å²) in [6.45, 7) is 3.72. The fourth-order valence-electron chi connectivity index (χ4n) is 2.08. The monoisotopic (exact) mass is 367 g/mol. The Morgan fingerprint density at radius 2 is 1.70 bits per heavy atom. The molecule has 2 heterocycles. The third-order valence-corrected chi connectivity index (χ3v) is 3.88. The Morgan fingerprint density at radius 1 is 1.00 bits per heavy atom. The molecule has 1 aromatic carbocycles. The Labute approximate surface area is 148 Å². The second kappa shape index (κ2) is 6.35. The maximum atomic E-state index is 6.19. The molecule has 8 heteroatoms. The molecule has 0 bridgehead atoms. The molecule has 0 aliphatic carbocycles. The zero-order valence-electron chi connectivity index (χ0n) is 12.3. The number of hydrogen-bond acceptors (Lipinski definition) is 4. The van der Waals surface area contributed by atoms with E-state index in [1.807, 2.05) is 24.6 Å². The van der Waals surface area contributed by atoms with Crippen LogP contribution in [0.1, 0.15) is 11.5 Å². The van der Waals surface area contributed by atoms with E-state index < -0.39 is 0 Å². The Bertz CT molecular complexity index is 852. The smallest absolute Gasteiger partial charge is 0.143 e. The van der Waals surface area contributed by atoms with E-state index in [0.29, 0.717) is 38.2 Å². The molecule has 0 unspecified atom stereocenters. The summed E-state index contributed by atoms with van der Waals surface area (Å²) in [6, 6.07) is 5.02. The molecular formula is C15H12Cl3N5. The van der Waals surface area contributed by atoms with Gasteiger partial charge < -0.3 is 5.32 Å². The van der Waals surface area contributed by atoms with Crippen LogP contribution in [0.3, 0.4) is 0 Å². The molecule has 0 aliphatic heterocycles. The first-order valence-corrected chi connectivity index (χ1v) is 7.84. The summed E-state index contributed by atoms with van der Waals surface area (Å²) in [7, 11) is 0. The Morgan fingerprint density at radius 3 is 2.30 bits per heavy atom. The van der Waals surface area contributed by atoms with Crippen LogP contribution in [-0.4, -0.2) is 19.5 Å². The van der Waals surface area contributed by atoms with Crippen molar-refractivity contribution in [2.75, 3.05) is 5.32 Å². The van der Waals surface area contributed by atoms with Gasteiger partial charge in [-0.3, -0.25) is 4.57 Å². The van der Waals surface area contributed by atoms with Gasteiger partial charge in [0.2, 0.25) is 0 Å². The van der Waals surface area contributed by atoms with Gasteiger partial charge in [-0.2, -0.15) is 0 Å². The molecule has 0 saturated heterocycles. The van der Waals surface area contributed by atoms with E-state index in [2.05, 4.69) is 20.3 Å². The summed E-state index contributed by atoms with van der Waals surface area (Å²) < 4.78 is 1.82. The van der Waals surface area contributed by atoms with Crippen LogP contribution in [0.4, 0.5) is 11.5 Å². The second-order valence-electron chi connectivity index (χ2n) is 4.95. The number of anilines is 2. The first-order valence-electron chi connectivity index (χ1n) is 6.70. The molecule has 3 aromatic rings. The van der Waals surface area contributed by atoms with Gasteiger partial charge in [0.15, 0.2) is 0 Å². The molecule has 0 spiro atoms. The SMILES string of the molecule is Cc1cn(-c2cc(Nc3c(Cl)cc(Cl)cc3Cl)nc(C)n2)cn1. The highest BCUT2D eigenvalue weighted by Gasteiger charge is 2.11. The number of aromatic nitrogens is 4. The van der Waals surface area contributed by atoms with Crippen LogP contribution in [-0.2, 0) is 0 Å². The van der Waals surface area contributed by atoms with Gasteiger partial charge in [-0.05, 0) is 26.0 Å². The van der Waals surface area contributed by atoms with E-state index in [1.165, 1.54) is 0 Å². The maximum Gasteiger partial charge on any atom is 0.143 e. The molecule has 0 radical (unpaired) electrons. The van der Waals surface area contributed by atoms with Gasteiger partial charge in [-0.25, -0.2) is 15.0 Å². The third-order valence-electron chi connectivity index (χ3n) is 3.06. The number of nitrogens with zero attached hydrogens (tertiary/aromatic N) is 4. The van der Waals surface area contributed by atoms with E-state index in [9.17, 15) is 0 Å². The number of hydrogen-bond donors (Lipinski definition) is 1. The number of rotatable bonds is 3. The summed E-state index contributed by atoms with van der Waals surface area (Å²) >= 11 is 18.3. The average molecular weight is 369 g/mol. The molecule has 0 amide bonds. The zero-order chi connectivity index (χ0) is 16.6. The fourth-order valence-corrected chi connectivity index (χ4v) is 3.00. The molecule has 0 fully saturated rings. The van der Waals surface area contributed by atoms with Crippen molar-refractivity contribution in [3.8, 4) is 5.82 Å². The lowest BCUT2D eigenvalue weighted by Gasteiger charge is -2.12. The van der Waals surface area contributed by atoms with Gasteiger partial charge in [-0.15, -0.1) is 0 Å². The van der Waals surface area contributed by atoms with Crippen molar-refractivity contribution >= 4 is 46.3 Å².